The third-order valence-corrected chi connectivity index (χ3v) is 2.71. The molecule has 0 bridgehead atoms. The van der Waals surface area contributed by atoms with Gasteiger partial charge in [-0.15, -0.1) is 0 Å². The summed E-state index contributed by atoms with van der Waals surface area (Å²) in [7, 11) is 0. The van der Waals surface area contributed by atoms with Crippen LogP contribution in [-0.2, 0) is 4.79 Å². The summed E-state index contributed by atoms with van der Waals surface area (Å²) in [6, 6.07) is 5.40. The molecule has 0 fully saturated rings. The second-order valence-corrected chi connectivity index (χ2v) is 4.37. The van der Waals surface area contributed by atoms with Crippen LogP contribution in [0.3, 0.4) is 0 Å². The van der Waals surface area contributed by atoms with Crippen LogP contribution < -0.4 is 0 Å². The Hall–Kier alpha value is -1.42. The number of aryl methyl sites for hydroxylation is 1. The zero-order chi connectivity index (χ0) is 12.8. The third-order valence-electron chi connectivity index (χ3n) is 2.31. The quantitative estimate of drug-likeness (QED) is 0.516. The van der Waals surface area contributed by atoms with Crippen LogP contribution in [0.1, 0.15) is 27.9 Å². The first-order valence-corrected chi connectivity index (χ1v) is 6.28. The minimum absolute atomic E-state index is 0.0185. The Kier molecular flexibility index (Phi) is 5.10. The highest BCUT2D eigenvalue weighted by molar-refractivity contribution is 9.09. The summed E-state index contributed by atoms with van der Waals surface area (Å²) >= 11 is 3.23. The van der Waals surface area contributed by atoms with E-state index >= 15 is 0 Å². The topological polar surface area (TPSA) is 54.4 Å². The lowest BCUT2D eigenvalue weighted by Gasteiger charge is -2.07. The van der Waals surface area contributed by atoms with Gasteiger partial charge >= 0.3 is 5.97 Å². The molecule has 0 amide bonds. The van der Waals surface area contributed by atoms with E-state index in [1.165, 1.54) is 6.08 Å². The summed E-state index contributed by atoms with van der Waals surface area (Å²) < 4.78 is 0. The van der Waals surface area contributed by atoms with Crippen LogP contribution in [0.2, 0.25) is 0 Å². The fourth-order valence-corrected chi connectivity index (χ4v) is 1.94. The number of Topliss-reactive ketones (excluding diaryl/α,β-unsaturated/α-hetero) is 1. The van der Waals surface area contributed by atoms with Crippen molar-refractivity contribution in [2.75, 3.05) is 5.33 Å². The van der Waals surface area contributed by atoms with Crippen molar-refractivity contribution in [3.8, 4) is 0 Å². The van der Waals surface area contributed by atoms with Gasteiger partial charge in [0.15, 0.2) is 5.78 Å². The number of carbonyl (C=O) groups excluding carboxylic acids is 1. The molecule has 1 aromatic carbocycles. The molecule has 0 spiro atoms. The number of benzene rings is 1. The normalized spacial score (nSPS) is 10.7. The van der Waals surface area contributed by atoms with Crippen molar-refractivity contribution in [2.24, 2.45) is 0 Å². The number of alkyl halides is 1. The lowest BCUT2D eigenvalue weighted by atomic mass is 9.96. The Labute approximate surface area is 108 Å². The minimum Gasteiger partial charge on any atom is -0.478 e. The van der Waals surface area contributed by atoms with Gasteiger partial charge in [0, 0.05) is 23.4 Å². The highest BCUT2D eigenvalue weighted by atomic mass is 79.9. The largest absolute Gasteiger partial charge is 0.478 e. The third kappa shape index (κ3) is 3.82. The van der Waals surface area contributed by atoms with Gasteiger partial charge in [-0.25, -0.2) is 4.79 Å². The van der Waals surface area contributed by atoms with Gasteiger partial charge in [-0.05, 0) is 24.1 Å². The van der Waals surface area contributed by atoms with Crippen LogP contribution in [0.5, 0.6) is 0 Å². The molecule has 0 aliphatic rings. The maximum absolute atomic E-state index is 11.9. The maximum atomic E-state index is 11.9. The van der Waals surface area contributed by atoms with Crippen LogP contribution in [0, 0.1) is 6.92 Å². The van der Waals surface area contributed by atoms with Crippen LogP contribution in [-0.4, -0.2) is 22.2 Å². The highest BCUT2D eigenvalue weighted by Crippen LogP contribution is 2.18. The van der Waals surface area contributed by atoms with Crippen molar-refractivity contribution >= 4 is 33.8 Å². The van der Waals surface area contributed by atoms with Crippen LogP contribution in [0.4, 0.5) is 0 Å². The first-order valence-electron chi connectivity index (χ1n) is 5.16. The molecule has 0 unspecified atom stereocenters. The number of halogens is 1. The standard InChI is InChI=1S/C13H13BrO3/c1-9-3-2-4-10(5-6-12(16)17)13(9)11(15)7-8-14/h2-6H,7-8H2,1H3,(H,16,17)/b6-5+. The van der Waals surface area contributed by atoms with E-state index in [-0.39, 0.29) is 5.78 Å². The second kappa shape index (κ2) is 6.35. The number of carboxylic acid groups (broad SMARTS) is 1. The van der Waals surface area contributed by atoms with Crippen LogP contribution in [0.15, 0.2) is 24.3 Å². The van der Waals surface area contributed by atoms with E-state index in [0.29, 0.717) is 22.9 Å². The van der Waals surface area contributed by atoms with Gasteiger partial charge in [-0.2, -0.15) is 0 Å². The lowest BCUT2D eigenvalue weighted by Crippen LogP contribution is -2.05. The molecule has 0 aliphatic heterocycles. The predicted molar refractivity (Wildman–Crippen MR) is 70.6 cm³/mol. The predicted octanol–water partition coefficient (Wildman–Crippen LogP) is 3.06. The Balaban J connectivity index is 3.17. The molecule has 1 N–H and O–H groups in total. The van der Waals surface area contributed by atoms with E-state index < -0.39 is 5.97 Å². The van der Waals surface area contributed by atoms with Crippen molar-refractivity contribution < 1.29 is 14.7 Å². The average Bonchev–Trinajstić information content (AvgIpc) is 2.26. The first kappa shape index (κ1) is 13.6. The molecule has 0 aliphatic carbocycles. The number of hydrogen-bond acceptors (Lipinski definition) is 2. The molecule has 1 aromatic rings. The van der Waals surface area contributed by atoms with Gasteiger partial charge in [-0.1, -0.05) is 34.1 Å². The number of aliphatic carboxylic acids is 1. The summed E-state index contributed by atoms with van der Waals surface area (Å²) in [5.41, 5.74) is 2.12. The lowest BCUT2D eigenvalue weighted by molar-refractivity contribution is -0.131. The average molecular weight is 297 g/mol. The number of hydrogen-bond donors (Lipinski definition) is 1. The van der Waals surface area contributed by atoms with E-state index in [0.717, 1.165) is 11.6 Å². The van der Waals surface area contributed by atoms with Gasteiger partial charge in [-0.3, -0.25) is 4.79 Å². The molecule has 1 rings (SSSR count). The summed E-state index contributed by atoms with van der Waals surface area (Å²) in [6.07, 6.45) is 2.90. The SMILES string of the molecule is Cc1cccc(/C=C/C(=O)O)c1C(=O)CCBr. The molecule has 17 heavy (non-hydrogen) atoms. The summed E-state index contributed by atoms with van der Waals surface area (Å²) in [6.45, 7) is 1.85. The number of carbonyl (C=O) groups is 2. The molecule has 0 atom stereocenters. The zero-order valence-corrected chi connectivity index (χ0v) is 11.0. The van der Waals surface area contributed by atoms with E-state index in [1.54, 1.807) is 6.07 Å². The smallest absolute Gasteiger partial charge is 0.328 e. The maximum Gasteiger partial charge on any atom is 0.328 e. The zero-order valence-electron chi connectivity index (χ0n) is 9.44. The molecule has 0 radical (unpaired) electrons. The number of carboxylic acids is 1. The Morgan fingerprint density at radius 1 is 1.41 bits per heavy atom. The van der Waals surface area contributed by atoms with E-state index in [9.17, 15) is 9.59 Å². The Morgan fingerprint density at radius 3 is 2.71 bits per heavy atom. The molecule has 90 valence electrons. The molecule has 0 saturated heterocycles. The van der Waals surface area contributed by atoms with Crippen molar-refractivity contribution in [1.82, 2.24) is 0 Å². The highest BCUT2D eigenvalue weighted by Gasteiger charge is 2.11. The van der Waals surface area contributed by atoms with Crippen molar-refractivity contribution in [3.05, 3.63) is 41.0 Å². The number of rotatable bonds is 5. The Morgan fingerprint density at radius 2 is 2.12 bits per heavy atom. The molecular formula is C13H13BrO3. The van der Waals surface area contributed by atoms with Gasteiger partial charge in [0.05, 0.1) is 0 Å². The minimum atomic E-state index is -1.02. The molecule has 3 nitrogen and oxygen atoms in total. The fourth-order valence-electron chi connectivity index (χ4n) is 1.58. The monoisotopic (exact) mass is 296 g/mol. The van der Waals surface area contributed by atoms with E-state index in [4.69, 9.17) is 5.11 Å². The second-order valence-electron chi connectivity index (χ2n) is 3.57. The summed E-state index contributed by atoms with van der Waals surface area (Å²) in [5, 5.41) is 9.20. The molecule has 4 heteroatoms. The van der Waals surface area contributed by atoms with Crippen LogP contribution in [0.25, 0.3) is 6.08 Å². The van der Waals surface area contributed by atoms with Crippen molar-refractivity contribution in [3.63, 3.8) is 0 Å². The summed E-state index contributed by atoms with van der Waals surface area (Å²) in [5.74, 6) is -1.00. The van der Waals surface area contributed by atoms with Gasteiger partial charge in [0.25, 0.3) is 0 Å². The van der Waals surface area contributed by atoms with Gasteiger partial charge in [0.1, 0.15) is 0 Å². The van der Waals surface area contributed by atoms with E-state index in [2.05, 4.69) is 15.9 Å². The first-order chi connectivity index (χ1) is 8.06. The molecular weight excluding hydrogens is 284 g/mol. The van der Waals surface area contributed by atoms with E-state index in [1.807, 2.05) is 19.1 Å². The molecule has 0 saturated carbocycles. The molecule has 0 heterocycles. The Bertz CT molecular complexity index is 464. The summed E-state index contributed by atoms with van der Waals surface area (Å²) in [4.78, 5) is 22.4. The molecule has 0 aromatic heterocycles. The van der Waals surface area contributed by atoms with Crippen molar-refractivity contribution in [1.29, 1.82) is 0 Å². The van der Waals surface area contributed by atoms with Gasteiger partial charge < -0.3 is 5.11 Å². The number of ketones is 1. The van der Waals surface area contributed by atoms with Gasteiger partial charge in [0.2, 0.25) is 0 Å². The van der Waals surface area contributed by atoms with Crippen LogP contribution >= 0.6 is 15.9 Å². The fraction of sp³-hybridized carbons (Fsp3) is 0.231. The van der Waals surface area contributed by atoms with Crippen molar-refractivity contribution in [2.45, 2.75) is 13.3 Å².